The minimum absolute atomic E-state index is 0.329. The number of hydrogen-bond donors (Lipinski definition) is 1. The molecule has 4 rings (SSSR count). The van der Waals surface area contributed by atoms with Gasteiger partial charge in [-0.2, -0.15) is 5.10 Å². The van der Waals surface area contributed by atoms with E-state index in [2.05, 4.69) is 10.1 Å². The van der Waals surface area contributed by atoms with Gasteiger partial charge in [-0.15, -0.1) is 0 Å². The summed E-state index contributed by atoms with van der Waals surface area (Å²) in [6, 6.07) is 12.6. The van der Waals surface area contributed by atoms with Gasteiger partial charge >= 0.3 is 0 Å². The maximum atomic E-state index is 13.5. The first-order valence-electron chi connectivity index (χ1n) is 7.27. The van der Waals surface area contributed by atoms with Gasteiger partial charge in [0.2, 0.25) is 0 Å². The van der Waals surface area contributed by atoms with Crippen molar-refractivity contribution >= 4 is 11.3 Å². The zero-order chi connectivity index (χ0) is 16.7. The second kappa shape index (κ2) is 5.42. The van der Waals surface area contributed by atoms with Crippen molar-refractivity contribution in [2.75, 3.05) is 5.73 Å². The van der Waals surface area contributed by atoms with Gasteiger partial charge in [0.25, 0.3) is 0 Å². The molecule has 24 heavy (non-hydrogen) atoms. The van der Waals surface area contributed by atoms with Gasteiger partial charge in [0.1, 0.15) is 23.1 Å². The summed E-state index contributed by atoms with van der Waals surface area (Å²) in [5.41, 5.74) is 9.31. The van der Waals surface area contributed by atoms with E-state index in [4.69, 9.17) is 5.73 Å². The molecule has 0 saturated heterocycles. The van der Waals surface area contributed by atoms with Gasteiger partial charge in [0.15, 0.2) is 0 Å². The van der Waals surface area contributed by atoms with Gasteiger partial charge in [0.05, 0.1) is 11.7 Å². The Kier molecular flexibility index (Phi) is 3.23. The lowest BCUT2D eigenvalue weighted by Gasteiger charge is -2.04. The smallest absolute Gasteiger partial charge is 0.141 e. The highest BCUT2D eigenvalue weighted by atomic mass is 19.1. The number of nitrogens with two attached hydrogens (primary N) is 1. The molecule has 0 aliphatic rings. The maximum Gasteiger partial charge on any atom is 0.141 e. The Hall–Kier alpha value is -3.28. The minimum atomic E-state index is -0.391. The number of benzene rings is 1. The summed E-state index contributed by atoms with van der Waals surface area (Å²) < 4.78 is 28.2. The van der Waals surface area contributed by atoms with Crippen molar-refractivity contribution in [1.82, 2.24) is 14.6 Å². The van der Waals surface area contributed by atoms with E-state index in [-0.39, 0.29) is 5.82 Å². The molecule has 0 bridgehead atoms. The summed E-state index contributed by atoms with van der Waals surface area (Å²) >= 11 is 0. The van der Waals surface area contributed by atoms with E-state index >= 15 is 0 Å². The van der Waals surface area contributed by atoms with Crippen LogP contribution in [-0.2, 0) is 0 Å². The molecule has 0 unspecified atom stereocenters. The normalized spacial score (nSPS) is 11.1. The molecule has 6 heteroatoms. The fourth-order valence-electron chi connectivity index (χ4n) is 2.67. The second-order valence-electron chi connectivity index (χ2n) is 5.38. The first kappa shape index (κ1) is 14.3. The highest BCUT2D eigenvalue weighted by Gasteiger charge is 2.17. The molecule has 0 atom stereocenters. The van der Waals surface area contributed by atoms with Crippen molar-refractivity contribution in [3.63, 3.8) is 0 Å². The lowest BCUT2D eigenvalue weighted by Crippen LogP contribution is -1.90. The van der Waals surface area contributed by atoms with Crippen LogP contribution in [0, 0.1) is 11.6 Å². The molecule has 0 fully saturated rings. The largest absolute Gasteiger partial charge is 0.384 e. The highest BCUT2D eigenvalue weighted by molar-refractivity contribution is 5.92. The maximum absolute atomic E-state index is 13.5. The van der Waals surface area contributed by atoms with Crippen molar-refractivity contribution in [3.05, 3.63) is 72.6 Å². The zero-order valence-electron chi connectivity index (χ0n) is 12.4. The predicted octanol–water partition coefficient (Wildman–Crippen LogP) is 3.92. The molecule has 0 spiro atoms. The van der Waals surface area contributed by atoms with E-state index in [1.165, 1.54) is 28.9 Å². The molecule has 118 valence electrons. The molecular formula is C18H12F2N4. The monoisotopic (exact) mass is 322 g/mol. The third kappa shape index (κ3) is 2.38. The van der Waals surface area contributed by atoms with E-state index in [0.717, 1.165) is 22.2 Å². The third-order valence-corrected chi connectivity index (χ3v) is 3.79. The molecule has 3 aromatic heterocycles. The first-order valence-corrected chi connectivity index (χ1v) is 7.27. The lowest BCUT2D eigenvalue weighted by molar-refractivity contribution is 0.615. The van der Waals surface area contributed by atoms with Crippen LogP contribution in [0.2, 0.25) is 0 Å². The predicted molar refractivity (Wildman–Crippen MR) is 88.2 cm³/mol. The Bertz CT molecular complexity index is 1020. The van der Waals surface area contributed by atoms with Crippen LogP contribution in [0.5, 0.6) is 0 Å². The molecule has 0 aliphatic carbocycles. The Labute approximate surface area is 136 Å². The molecule has 2 N–H and O–H groups in total. The molecule has 1 aromatic carbocycles. The Morgan fingerprint density at radius 1 is 0.833 bits per heavy atom. The topological polar surface area (TPSA) is 56.2 Å². The minimum Gasteiger partial charge on any atom is -0.384 e. The summed E-state index contributed by atoms with van der Waals surface area (Å²) in [6.07, 6.45) is 2.94. The van der Waals surface area contributed by atoms with Gasteiger partial charge in [-0.3, -0.25) is 0 Å². The van der Waals surface area contributed by atoms with Crippen LogP contribution in [0.25, 0.3) is 27.9 Å². The quantitative estimate of drug-likeness (QED) is 0.608. The van der Waals surface area contributed by atoms with E-state index in [1.54, 1.807) is 30.5 Å². The highest BCUT2D eigenvalue weighted by Crippen LogP contribution is 2.35. The average Bonchev–Trinajstić information content (AvgIpc) is 2.94. The number of anilines is 1. The van der Waals surface area contributed by atoms with Crippen molar-refractivity contribution in [3.8, 4) is 22.4 Å². The van der Waals surface area contributed by atoms with E-state index < -0.39 is 5.82 Å². The van der Waals surface area contributed by atoms with Gasteiger partial charge < -0.3 is 5.73 Å². The average molecular weight is 322 g/mol. The van der Waals surface area contributed by atoms with Crippen molar-refractivity contribution in [1.29, 1.82) is 0 Å². The van der Waals surface area contributed by atoms with Crippen molar-refractivity contribution in [2.24, 2.45) is 0 Å². The Morgan fingerprint density at radius 3 is 2.25 bits per heavy atom. The summed E-state index contributed by atoms with van der Waals surface area (Å²) in [7, 11) is 0. The number of halogens is 2. The molecule has 0 saturated carbocycles. The molecule has 0 radical (unpaired) electrons. The van der Waals surface area contributed by atoms with E-state index in [9.17, 15) is 8.78 Å². The van der Waals surface area contributed by atoms with Crippen LogP contribution in [0.15, 0.2) is 60.9 Å². The van der Waals surface area contributed by atoms with Crippen LogP contribution in [0.1, 0.15) is 0 Å². The number of rotatable bonds is 2. The standard InChI is InChI=1S/C18H12F2N4/c19-13-4-1-11(2-5-13)18-17(12-3-8-16(21)22-9-12)15-7-6-14(20)10-24(15)23-18/h1-10H,(H2,21,22). The number of nitrogens with zero attached hydrogens (tertiary/aromatic N) is 3. The van der Waals surface area contributed by atoms with Crippen molar-refractivity contribution < 1.29 is 8.78 Å². The second-order valence-corrected chi connectivity index (χ2v) is 5.38. The van der Waals surface area contributed by atoms with Crippen LogP contribution >= 0.6 is 0 Å². The molecule has 4 nitrogen and oxygen atoms in total. The van der Waals surface area contributed by atoms with Crippen LogP contribution in [-0.4, -0.2) is 14.6 Å². The summed E-state index contributed by atoms with van der Waals surface area (Å²) in [5.74, 6) is -0.313. The fraction of sp³-hybridized carbons (Fsp3) is 0. The van der Waals surface area contributed by atoms with Gasteiger partial charge in [-0.25, -0.2) is 18.3 Å². The molecular weight excluding hydrogens is 310 g/mol. The lowest BCUT2D eigenvalue weighted by atomic mass is 10.0. The summed E-state index contributed by atoms with van der Waals surface area (Å²) in [4.78, 5) is 4.12. The summed E-state index contributed by atoms with van der Waals surface area (Å²) in [6.45, 7) is 0. The SMILES string of the molecule is Nc1ccc(-c2c(-c3ccc(F)cc3)nn3cc(F)ccc23)cn1. The third-order valence-electron chi connectivity index (χ3n) is 3.79. The number of nitrogen functional groups attached to an aromatic ring is 1. The van der Waals surface area contributed by atoms with Gasteiger partial charge in [0, 0.05) is 22.9 Å². The first-order chi connectivity index (χ1) is 11.6. The number of aromatic nitrogens is 3. The molecule has 0 amide bonds. The van der Waals surface area contributed by atoms with Crippen molar-refractivity contribution in [2.45, 2.75) is 0 Å². The van der Waals surface area contributed by atoms with E-state index in [1.807, 2.05) is 6.07 Å². The number of hydrogen-bond acceptors (Lipinski definition) is 3. The van der Waals surface area contributed by atoms with Crippen LogP contribution in [0.4, 0.5) is 14.6 Å². The number of fused-ring (bicyclic) bond motifs is 1. The molecule has 3 heterocycles. The Balaban J connectivity index is 2.02. The van der Waals surface area contributed by atoms with E-state index in [0.29, 0.717) is 11.5 Å². The molecule has 0 aliphatic heterocycles. The van der Waals surface area contributed by atoms with Gasteiger partial charge in [-0.05, 0) is 48.5 Å². The summed E-state index contributed by atoms with van der Waals surface area (Å²) in [5, 5.41) is 4.47. The molecule has 4 aromatic rings. The van der Waals surface area contributed by atoms with Crippen LogP contribution in [0.3, 0.4) is 0 Å². The fourth-order valence-corrected chi connectivity index (χ4v) is 2.67. The zero-order valence-corrected chi connectivity index (χ0v) is 12.4. The van der Waals surface area contributed by atoms with Crippen LogP contribution < -0.4 is 5.73 Å². The Morgan fingerprint density at radius 2 is 1.54 bits per heavy atom. The number of pyridine rings is 2. The van der Waals surface area contributed by atoms with Gasteiger partial charge in [-0.1, -0.05) is 0 Å².